The molecule has 158 valence electrons. The van der Waals surface area contributed by atoms with Crippen LogP contribution in [-0.4, -0.2) is 53.0 Å². The van der Waals surface area contributed by atoms with Gasteiger partial charge in [-0.15, -0.1) is 0 Å². The number of carbonyl (C=O) groups excluding carboxylic acids is 1. The van der Waals surface area contributed by atoms with Crippen molar-refractivity contribution < 1.29 is 19.4 Å². The van der Waals surface area contributed by atoms with Crippen LogP contribution in [0.2, 0.25) is 0 Å². The fourth-order valence-electron chi connectivity index (χ4n) is 3.93. The summed E-state index contributed by atoms with van der Waals surface area (Å²) < 4.78 is 12.6. The molecule has 1 saturated heterocycles. The van der Waals surface area contributed by atoms with E-state index in [1.807, 2.05) is 36.5 Å². The number of ether oxygens (including phenoxy) is 2. The molecule has 1 amide bonds. The van der Waals surface area contributed by atoms with E-state index >= 15 is 0 Å². The third kappa shape index (κ3) is 4.04. The van der Waals surface area contributed by atoms with Crippen LogP contribution >= 0.6 is 0 Å². The van der Waals surface area contributed by atoms with Gasteiger partial charge in [0.2, 0.25) is 0 Å². The van der Waals surface area contributed by atoms with Crippen LogP contribution in [-0.2, 0) is 17.7 Å². The highest BCUT2D eigenvalue weighted by atomic mass is 16.5. The SMILES string of the molecule is CCc1ccnc2c(C(=O)N[C@H]3CCOCC3O)cn(Cc3ccc(OC)cc3)c12. The number of hydrogen-bond acceptors (Lipinski definition) is 5. The molecular weight excluding hydrogens is 382 g/mol. The lowest BCUT2D eigenvalue weighted by Gasteiger charge is -2.28. The fourth-order valence-corrected chi connectivity index (χ4v) is 3.93. The summed E-state index contributed by atoms with van der Waals surface area (Å²) in [5.74, 6) is 0.585. The zero-order valence-corrected chi connectivity index (χ0v) is 17.3. The molecule has 1 aromatic carbocycles. The lowest BCUT2D eigenvalue weighted by Crippen LogP contribution is -2.48. The summed E-state index contributed by atoms with van der Waals surface area (Å²) in [7, 11) is 1.65. The van der Waals surface area contributed by atoms with E-state index < -0.39 is 6.10 Å². The van der Waals surface area contributed by atoms with Crippen molar-refractivity contribution in [1.29, 1.82) is 0 Å². The molecule has 1 fully saturated rings. The van der Waals surface area contributed by atoms with Gasteiger partial charge in [-0.25, -0.2) is 0 Å². The zero-order valence-electron chi connectivity index (χ0n) is 17.3. The van der Waals surface area contributed by atoms with Crippen LogP contribution in [0.15, 0.2) is 42.7 Å². The number of carbonyl (C=O) groups is 1. The molecule has 1 aliphatic rings. The van der Waals surface area contributed by atoms with E-state index in [4.69, 9.17) is 9.47 Å². The number of nitrogens with one attached hydrogen (secondary N) is 1. The van der Waals surface area contributed by atoms with Gasteiger partial charge in [0.25, 0.3) is 5.91 Å². The molecule has 0 bridgehead atoms. The fraction of sp³-hybridized carbons (Fsp3) is 0.391. The molecule has 4 rings (SSSR count). The number of pyridine rings is 1. The van der Waals surface area contributed by atoms with E-state index in [1.165, 1.54) is 0 Å². The summed E-state index contributed by atoms with van der Waals surface area (Å²) in [6.45, 7) is 3.48. The predicted molar refractivity (Wildman–Crippen MR) is 114 cm³/mol. The smallest absolute Gasteiger partial charge is 0.255 e. The van der Waals surface area contributed by atoms with Crippen molar-refractivity contribution in [2.45, 2.75) is 38.5 Å². The quantitative estimate of drug-likeness (QED) is 0.654. The Hall–Kier alpha value is -2.90. The first kappa shape index (κ1) is 20.4. The highest BCUT2D eigenvalue weighted by Crippen LogP contribution is 2.25. The first-order chi connectivity index (χ1) is 14.6. The van der Waals surface area contributed by atoms with Gasteiger partial charge in [0, 0.05) is 25.5 Å². The number of amides is 1. The molecule has 0 spiro atoms. The number of methoxy groups -OCH3 is 1. The highest BCUT2D eigenvalue weighted by molar-refractivity contribution is 6.06. The Morgan fingerprint density at radius 3 is 2.83 bits per heavy atom. The molecule has 2 atom stereocenters. The minimum absolute atomic E-state index is 0.222. The van der Waals surface area contributed by atoms with Gasteiger partial charge in [-0.3, -0.25) is 9.78 Å². The van der Waals surface area contributed by atoms with Crippen LogP contribution in [0.5, 0.6) is 5.75 Å². The van der Waals surface area contributed by atoms with E-state index in [2.05, 4.69) is 21.8 Å². The van der Waals surface area contributed by atoms with Crippen molar-refractivity contribution in [3.05, 3.63) is 59.4 Å². The minimum Gasteiger partial charge on any atom is -0.497 e. The van der Waals surface area contributed by atoms with E-state index in [1.54, 1.807) is 13.3 Å². The molecule has 0 radical (unpaired) electrons. The molecule has 7 nitrogen and oxygen atoms in total. The van der Waals surface area contributed by atoms with Crippen molar-refractivity contribution in [2.75, 3.05) is 20.3 Å². The first-order valence-electron chi connectivity index (χ1n) is 10.3. The summed E-state index contributed by atoms with van der Waals surface area (Å²) in [6.07, 6.45) is 4.34. The molecule has 3 aromatic rings. The maximum atomic E-state index is 13.1. The van der Waals surface area contributed by atoms with Gasteiger partial charge in [0.05, 0.1) is 36.9 Å². The van der Waals surface area contributed by atoms with Gasteiger partial charge in [-0.1, -0.05) is 19.1 Å². The van der Waals surface area contributed by atoms with E-state index in [0.717, 1.165) is 28.8 Å². The van der Waals surface area contributed by atoms with E-state index in [-0.39, 0.29) is 18.6 Å². The Balaban J connectivity index is 1.68. The summed E-state index contributed by atoms with van der Waals surface area (Å²) in [5, 5.41) is 13.1. The average molecular weight is 409 g/mol. The highest BCUT2D eigenvalue weighted by Gasteiger charge is 2.27. The molecule has 3 heterocycles. The number of benzene rings is 1. The van der Waals surface area contributed by atoms with Crippen molar-refractivity contribution in [1.82, 2.24) is 14.9 Å². The van der Waals surface area contributed by atoms with Gasteiger partial charge in [0.1, 0.15) is 11.3 Å². The van der Waals surface area contributed by atoms with Crippen molar-refractivity contribution in [3.8, 4) is 5.75 Å². The Kier molecular flexibility index (Phi) is 6.01. The van der Waals surface area contributed by atoms with Crippen LogP contribution < -0.4 is 10.1 Å². The molecule has 2 N–H and O–H groups in total. The van der Waals surface area contributed by atoms with Gasteiger partial charge < -0.3 is 24.5 Å². The van der Waals surface area contributed by atoms with Crippen LogP contribution in [0.3, 0.4) is 0 Å². The monoisotopic (exact) mass is 409 g/mol. The number of aliphatic hydroxyl groups is 1. The first-order valence-corrected chi connectivity index (χ1v) is 10.3. The topological polar surface area (TPSA) is 85.6 Å². The van der Waals surface area contributed by atoms with Crippen LogP contribution in [0.1, 0.15) is 34.8 Å². The van der Waals surface area contributed by atoms with Crippen LogP contribution in [0.25, 0.3) is 11.0 Å². The molecule has 1 aliphatic heterocycles. The molecule has 30 heavy (non-hydrogen) atoms. The van der Waals surface area contributed by atoms with E-state index in [0.29, 0.717) is 30.7 Å². The van der Waals surface area contributed by atoms with Crippen molar-refractivity contribution in [2.24, 2.45) is 0 Å². The maximum absolute atomic E-state index is 13.1. The van der Waals surface area contributed by atoms with Crippen molar-refractivity contribution in [3.63, 3.8) is 0 Å². The Morgan fingerprint density at radius 2 is 2.13 bits per heavy atom. The Labute approximate surface area is 175 Å². The number of aryl methyl sites for hydroxylation is 1. The third-order valence-electron chi connectivity index (χ3n) is 5.62. The summed E-state index contributed by atoms with van der Waals surface area (Å²) in [4.78, 5) is 17.6. The maximum Gasteiger partial charge on any atom is 0.255 e. The van der Waals surface area contributed by atoms with Crippen LogP contribution in [0.4, 0.5) is 0 Å². The lowest BCUT2D eigenvalue weighted by atomic mass is 10.1. The second kappa shape index (κ2) is 8.85. The summed E-state index contributed by atoms with van der Waals surface area (Å²) >= 11 is 0. The molecule has 2 aromatic heterocycles. The van der Waals surface area contributed by atoms with Gasteiger partial charge in [-0.05, 0) is 42.2 Å². The molecular formula is C23H27N3O4. The number of hydrogen-bond donors (Lipinski definition) is 2. The second-order valence-corrected chi connectivity index (χ2v) is 7.55. The van der Waals surface area contributed by atoms with Gasteiger partial charge in [0.15, 0.2) is 0 Å². The predicted octanol–water partition coefficient (Wildman–Crippen LogP) is 2.54. The Morgan fingerprint density at radius 1 is 1.33 bits per heavy atom. The number of rotatable bonds is 6. The second-order valence-electron chi connectivity index (χ2n) is 7.55. The number of nitrogens with zero attached hydrogens (tertiary/aromatic N) is 2. The third-order valence-corrected chi connectivity index (χ3v) is 5.62. The summed E-state index contributed by atoms with van der Waals surface area (Å²) in [5.41, 5.74) is 4.41. The van der Waals surface area contributed by atoms with Crippen LogP contribution in [0, 0.1) is 0 Å². The number of aliphatic hydroxyl groups excluding tert-OH is 1. The molecule has 0 saturated carbocycles. The number of aromatic nitrogens is 2. The van der Waals surface area contributed by atoms with E-state index in [9.17, 15) is 9.90 Å². The van der Waals surface area contributed by atoms with Crippen molar-refractivity contribution >= 4 is 16.9 Å². The molecule has 7 heteroatoms. The largest absolute Gasteiger partial charge is 0.497 e. The summed E-state index contributed by atoms with van der Waals surface area (Å²) in [6, 6.07) is 9.58. The van der Waals surface area contributed by atoms with Gasteiger partial charge >= 0.3 is 0 Å². The standard InChI is InChI=1S/C23H27N3O4/c1-3-16-8-10-24-21-18(23(28)25-19-9-11-30-14-20(19)27)13-26(22(16)21)12-15-4-6-17(29-2)7-5-15/h4-8,10,13,19-20,27H,3,9,11-12,14H2,1-2H3,(H,25,28)/t19-,20?/m0/s1. The Bertz CT molecular complexity index is 1030. The normalized spacial score (nSPS) is 19.0. The molecule has 0 aliphatic carbocycles. The average Bonchev–Trinajstić information content (AvgIpc) is 3.14. The lowest BCUT2D eigenvalue weighted by molar-refractivity contribution is -0.0260. The minimum atomic E-state index is -0.700. The zero-order chi connectivity index (χ0) is 21.1. The molecule has 1 unspecified atom stereocenters. The number of fused-ring (bicyclic) bond motifs is 1. The van der Waals surface area contributed by atoms with Gasteiger partial charge in [-0.2, -0.15) is 0 Å².